The maximum atomic E-state index is 10.0. The van der Waals surface area contributed by atoms with Crippen molar-refractivity contribution in [3.63, 3.8) is 0 Å². The van der Waals surface area contributed by atoms with Gasteiger partial charge in [-0.05, 0) is 17.3 Å². The first-order valence-electron chi connectivity index (χ1n) is 6.22. The van der Waals surface area contributed by atoms with E-state index in [1.165, 1.54) is 0 Å². The van der Waals surface area contributed by atoms with Crippen molar-refractivity contribution < 1.29 is 9.52 Å². The highest BCUT2D eigenvalue weighted by atomic mass is 16.4. The Morgan fingerprint density at radius 1 is 1.24 bits per heavy atom. The molecule has 3 nitrogen and oxygen atoms in total. The molecule has 1 N–H and O–H groups in total. The monoisotopic (exact) mass is 239 g/mol. The smallest absolute Gasteiger partial charge is 0.223 e. The SMILES string of the molecule is CC(C)(C)CCc1cnc([C@@H](O)C(C)(C)C)o1. The van der Waals surface area contributed by atoms with Crippen LogP contribution in [-0.2, 0) is 6.42 Å². The minimum absolute atomic E-state index is 0.244. The summed E-state index contributed by atoms with van der Waals surface area (Å²) in [5.41, 5.74) is 0.0434. The lowest BCUT2D eigenvalue weighted by atomic mass is 9.89. The molecular weight excluding hydrogens is 214 g/mol. The van der Waals surface area contributed by atoms with Crippen LogP contribution in [0.15, 0.2) is 10.6 Å². The van der Waals surface area contributed by atoms with Crippen LogP contribution in [0.2, 0.25) is 0 Å². The lowest BCUT2D eigenvalue weighted by Gasteiger charge is -2.22. The van der Waals surface area contributed by atoms with Crippen molar-refractivity contribution in [3.8, 4) is 0 Å². The van der Waals surface area contributed by atoms with Gasteiger partial charge in [-0.3, -0.25) is 0 Å². The lowest BCUT2D eigenvalue weighted by Crippen LogP contribution is -2.17. The van der Waals surface area contributed by atoms with Crippen LogP contribution in [0.1, 0.15) is 65.7 Å². The Balaban J connectivity index is 2.66. The molecule has 0 spiro atoms. The maximum Gasteiger partial charge on any atom is 0.223 e. The van der Waals surface area contributed by atoms with Gasteiger partial charge in [0.2, 0.25) is 5.89 Å². The number of aryl methyl sites for hydroxylation is 1. The number of aliphatic hydroxyl groups is 1. The summed E-state index contributed by atoms with van der Waals surface area (Å²) in [6.07, 6.45) is 3.00. The van der Waals surface area contributed by atoms with Crippen molar-refractivity contribution >= 4 is 0 Å². The largest absolute Gasteiger partial charge is 0.443 e. The second kappa shape index (κ2) is 4.81. The van der Waals surface area contributed by atoms with Crippen molar-refractivity contribution in [2.75, 3.05) is 0 Å². The van der Waals surface area contributed by atoms with Gasteiger partial charge in [0.05, 0.1) is 6.20 Å². The van der Waals surface area contributed by atoms with Crippen molar-refractivity contribution in [3.05, 3.63) is 17.8 Å². The first kappa shape index (κ1) is 14.2. The van der Waals surface area contributed by atoms with Crippen LogP contribution in [0, 0.1) is 10.8 Å². The van der Waals surface area contributed by atoms with E-state index in [2.05, 4.69) is 25.8 Å². The minimum atomic E-state index is -0.647. The summed E-state index contributed by atoms with van der Waals surface area (Å²) in [7, 11) is 0. The third kappa shape index (κ3) is 4.50. The molecule has 1 atom stereocenters. The standard InChI is InChI=1S/C14H25NO2/c1-13(2,3)8-7-10-9-15-12(17-10)11(16)14(4,5)6/h9,11,16H,7-8H2,1-6H3/t11-/m1/s1. The molecule has 0 aliphatic carbocycles. The molecular formula is C14H25NO2. The van der Waals surface area contributed by atoms with E-state index in [0.717, 1.165) is 18.6 Å². The second-order valence-corrected chi connectivity index (χ2v) is 6.99. The number of oxazole rings is 1. The fraction of sp³-hybridized carbons (Fsp3) is 0.786. The summed E-state index contributed by atoms with van der Waals surface area (Å²) in [4.78, 5) is 4.17. The quantitative estimate of drug-likeness (QED) is 0.874. The Morgan fingerprint density at radius 2 is 1.82 bits per heavy atom. The van der Waals surface area contributed by atoms with Crippen LogP contribution in [0.5, 0.6) is 0 Å². The van der Waals surface area contributed by atoms with Crippen LogP contribution >= 0.6 is 0 Å². The van der Waals surface area contributed by atoms with E-state index in [9.17, 15) is 5.11 Å². The van der Waals surface area contributed by atoms with Gasteiger partial charge in [0.15, 0.2) is 0 Å². The highest BCUT2D eigenvalue weighted by Gasteiger charge is 2.28. The zero-order valence-electron chi connectivity index (χ0n) is 11.9. The van der Waals surface area contributed by atoms with E-state index in [1.54, 1.807) is 6.20 Å². The van der Waals surface area contributed by atoms with Crippen LogP contribution in [-0.4, -0.2) is 10.1 Å². The average Bonchev–Trinajstić information content (AvgIpc) is 2.59. The Labute approximate surface area is 104 Å². The van der Waals surface area contributed by atoms with E-state index in [4.69, 9.17) is 4.42 Å². The molecule has 0 saturated carbocycles. The van der Waals surface area contributed by atoms with Crippen molar-refractivity contribution in [1.82, 2.24) is 4.98 Å². The molecule has 1 aromatic rings. The summed E-state index contributed by atoms with van der Waals surface area (Å²) in [6, 6.07) is 0. The predicted molar refractivity (Wildman–Crippen MR) is 68.7 cm³/mol. The summed E-state index contributed by atoms with van der Waals surface area (Å²) in [5.74, 6) is 1.29. The third-order valence-corrected chi connectivity index (χ3v) is 2.75. The lowest BCUT2D eigenvalue weighted by molar-refractivity contribution is 0.0377. The Kier molecular flexibility index (Phi) is 4.03. The maximum absolute atomic E-state index is 10.0. The van der Waals surface area contributed by atoms with Gasteiger partial charge in [-0.1, -0.05) is 41.5 Å². The van der Waals surface area contributed by atoms with Crippen molar-refractivity contribution in [1.29, 1.82) is 0 Å². The molecule has 3 heteroatoms. The van der Waals surface area contributed by atoms with Crippen molar-refractivity contribution in [2.45, 2.75) is 60.5 Å². The minimum Gasteiger partial charge on any atom is -0.443 e. The van der Waals surface area contributed by atoms with E-state index in [0.29, 0.717) is 5.89 Å². The van der Waals surface area contributed by atoms with Crippen molar-refractivity contribution in [2.24, 2.45) is 10.8 Å². The molecule has 98 valence electrons. The molecule has 1 aromatic heterocycles. The molecule has 0 fully saturated rings. The summed E-state index contributed by atoms with van der Waals surface area (Å²) in [6.45, 7) is 12.5. The van der Waals surface area contributed by atoms with Crippen LogP contribution in [0.4, 0.5) is 0 Å². The predicted octanol–water partition coefficient (Wildman–Crippen LogP) is 3.73. The Morgan fingerprint density at radius 3 is 2.29 bits per heavy atom. The van der Waals surface area contributed by atoms with Gasteiger partial charge in [0, 0.05) is 6.42 Å². The fourth-order valence-electron chi connectivity index (χ4n) is 1.43. The molecule has 17 heavy (non-hydrogen) atoms. The van der Waals surface area contributed by atoms with Gasteiger partial charge >= 0.3 is 0 Å². The van der Waals surface area contributed by atoms with E-state index in [-0.39, 0.29) is 10.8 Å². The van der Waals surface area contributed by atoms with Gasteiger partial charge in [-0.15, -0.1) is 0 Å². The number of rotatable bonds is 3. The van der Waals surface area contributed by atoms with Crippen LogP contribution in [0.25, 0.3) is 0 Å². The molecule has 0 bridgehead atoms. The molecule has 1 rings (SSSR count). The molecule has 0 amide bonds. The van der Waals surface area contributed by atoms with Crippen LogP contribution in [0.3, 0.4) is 0 Å². The zero-order chi connectivity index (χ0) is 13.3. The highest BCUT2D eigenvalue weighted by molar-refractivity contribution is 4.99. The fourth-order valence-corrected chi connectivity index (χ4v) is 1.43. The number of hydrogen-bond donors (Lipinski definition) is 1. The van der Waals surface area contributed by atoms with E-state index >= 15 is 0 Å². The van der Waals surface area contributed by atoms with Gasteiger partial charge in [-0.25, -0.2) is 4.98 Å². The number of aromatic nitrogens is 1. The molecule has 0 unspecified atom stereocenters. The Hall–Kier alpha value is -0.830. The normalized spacial score (nSPS) is 15.0. The van der Waals surface area contributed by atoms with Gasteiger partial charge in [0.25, 0.3) is 0 Å². The Bertz CT molecular complexity index is 355. The molecule has 0 aliphatic rings. The van der Waals surface area contributed by atoms with E-state index < -0.39 is 6.10 Å². The first-order chi connectivity index (χ1) is 7.59. The molecule has 0 radical (unpaired) electrons. The topological polar surface area (TPSA) is 46.3 Å². The summed E-state index contributed by atoms with van der Waals surface area (Å²) >= 11 is 0. The third-order valence-electron chi connectivity index (χ3n) is 2.75. The molecule has 0 aromatic carbocycles. The summed E-state index contributed by atoms with van der Waals surface area (Å²) in [5, 5.41) is 10.0. The number of hydrogen-bond acceptors (Lipinski definition) is 3. The molecule has 0 saturated heterocycles. The first-order valence-corrected chi connectivity index (χ1v) is 6.22. The van der Waals surface area contributed by atoms with Crippen LogP contribution < -0.4 is 0 Å². The summed E-state index contributed by atoms with van der Waals surface area (Å²) < 4.78 is 5.61. The highest BCUT2D eigenvalue weighted by Crippen LogP contribution is 2.32. The van der Waals surface area contributed by atoms with E-state index in [1.807, 2.05) is 20.8 Å². The zero-order valence-corrected chi connectivity index (χ0v) is 11.9. The molecule has 1 heterocycles. The second-order valence-electron chi connectivity index (χ2n) is 6.99. The van der Waals surface area contributed by atoms with Gasteiger partial charge in [-0.2, -0.15) is 0 Å². The van der Waals surface area contributed by atoms with Gasteiger partial charge < -0.3 is 9.52 Å². The average molecular weight is 239 g/mol. The van der Waals surface area contributed by atoms with Gasteiger partial charge in [0.1, 0.15) is 11.9 Å². The number of aliphatic hydroxyl groups excluding tert-OH is 1. The molecule has 0 aliphatic heterocycles. The number of nitrogens with zero attached hydrogens (tertiary/aromatic N) is 1.